The molecular formula is C17H26N4O. The summed E-state index contributed by atoms with van der Waals surface area (Å²) in [7, 11) is 0. The number of carbonyl (C=O) groups is 1. The molecule has 3 rings (SSSR count). The first kappa shape index (κ1) is 15.3. The first-order valence-corrected chi connectivity index (χ1v) is 8.71. The smallest absolute Gasteiger partial charge is 0.254 e. The summed E-state index contributed by atoms with van der Waals surface area (Å²) in [6.07, 6.45) is 15.4. The highest BCUT2D eigenvalue weighted by molar-refractivity contribution is 5.93. The van der Waals surface area contributed by atoms with Gasteiger partial charge in [0, 0.05) is 24.5 Å². The molecule has 1 aromatic heterocycles. The van der Waals surface area contributed by atoms with E-state index in [-0.39, 0.29) is 5.91 Å². The van der Waals surface area contributed by atoms with Crippen molar-refractivity contribution in [3.05, 3.63) is 18.0 Å². The fourth-order valence-corrected chi connectivity index (χ4v) is 3.46. The second-order valence-electron chi connectivity index (χ2n) is 6.58. The van der Waals surface area contributed by atoms with Gasteiger partial charge in [-0.15, -0.1) is 0 Å². The standard InChI is InChI=1S/C17H26N4O/c22-16(20-14-7-3-1-2-4-8-14)13-11-18-17(19-12-13)21-15-9-5-6-10-15/h11-12,14-15H,1-10H2,(H,20,22)(H,18,19,21). The van der Waals surface area contributed by atoms with Gasteiger partial charge in [-0.2, -0.15) is 0 Å². The van der Waals surface area contributed by atoms with Crippen molar-refractivity contribution in [2.45, 2.75) is 76.3 Å². The second kappa shape index (κ2) is 7.56. The van der Waals surface area contributed by atoms with E-state index in [9.17, 15) is 4.79 Å². The van der Waals surface area contributed by atoms with Crippen LogP contribution < -0.4 is 10.6 Å². The van der Waals surface area contributed by atoms with E-state index in [2.05, 4.69) is 20.6 Å². The summed E-state index contributed by atoms with van der Waals surface area (Å²) in [6, 6.07) is 0.803. The fourth-order valence-electron chi connectivity index (χ4n) is 3.46. The molecule has 2 saturated carbocycles. The Labute approximate surface area is 132 Å². The van der Waals surface area contributed by atoms with Crippen LogP contribution in [0, 0.1) is 0 Å². The number of hydrogen-bond acceptors (Lipinski definition) is 4. The lowest BCUT2D eigenvalue weighted by Crippen LogP contribution is -2.34. The molecule has 1 aromatic rings. The number of nitrogens with one attached hydrogen (secondary N) is 2. The van der Waals surface area contributed by atoms with E-state index in [1.54, 1.807) is 12.4 Å². The number of amides is 1. The molecule has 5 heteroatoms. The summed E-state index contributed by atoms with van der Waals surface area (Å²) in [5.74, 6) is 0.595. The first-order chi connectivity index (χ1) is 10.8. The molecule has 0 spiro atoms. The first-order valence-electron chi connectivity index (χ1n) is 8.71. The van der Waals surface area contributed by atoms with Crippen molar-refractivity contribution in [3.63, 3.8) is 0 Å². The molecule has 0 radical (unpaired) electrons. The van der Waals surface area contributed by atoms with E-state index in [0.29, 0.717) is 23.6 Å². The highest BCUT2D eigenvalue weighted by atomic mass is 16.1. The molecule has 0 unspecified atom stereocenters. The van der Waals surface area contributed by atoms with Gasteiger partial charge in [0.2, 0.25) is 5.95 Å². The van der Waals surface area contributed by atoms with Gasteiger partial charge in [-0.1, -0.05) is 38.5 Å². The van der Waals surface area contributed by atoms with Crippen LogP contribution in [0.15, 0.2) is 12.4 Å². The molecule has 2 fully saturated rings. The van der Waals surface area contributed by atoms with Gasteiger partial charge in [0.1, 0.15) is 0 Å². The monoisotopic (exact) mass is 302 g/mol. The van der Waals surface area contributed by atoms with Crippen LogP contribution in [0.25, 0.3) is 0 Å². The third-order valence-electron chi connectivity index (χ3n) is 4.79. The van der Waals surface area contributed by atoms with Gasteiger partial charge in [-0.05, 0) is 25.7 Å². The average Bonchev–Trinajstić information content (AvgIpc) is 2.91. The zero-order valence-electron chi connectivity index (χ0n) is 13.2. The zero-order chi connectivity index (χ0) is 15.2. The Morgan fingerprint density at radius 3 is 2.05 bits per heavy atom. The average molecular weight is 302 g/mol. The Hall–Kier alpha value is -1.65. The van der Waals surface area contributed by atoms with E-state index < -0.39 is 0 Å². The van der Waals surface area contributed by atoms with Crippen molar-refractivity contribution in [3.8, 4) is 0 Å². The Kier molecular flexibility index (Phi) is 5.24. The molecule has 0 aliphatic heterocycles. The lowest BCUT2D eigenvalue weighted by molar-refractivity contribution is 0.0932. The van der Waals surface area contributed by atoms with Crippen LogP contribution in [-0.4, -0.2) is 28.0 Å². The van der Waals surface area contributed by atoms with Crippen LogP contribution in [-0.2, 0) is 0 Å². The van der Waals surface area contributed by atoms with Crippen molar-refractivity contribution >= 4 is 11.9 Å². The minimum Gasteiger partial charge on any atom is -0.351 e. The Balaban J connectivity index is 1.53. The zero-order valence-corrected chi connectivity index (χ0v) is 13.2. The lowest BCUT2D eigenvalue weighted by Gasteiger charge is -2.16. The van der Waals surface area contributed by atoms with E-state index in [1.807, 2.05) is 0 Å². The van der Waals surface area contributed by atoms with Gasteiger partial charge >= 0.3 is 0 Å². The minimum atomic E-state index is -0.0423. The Morgan fingerprint density at radius 2 is 1.41 bits per heavy atom. The minimum absolute atomic E-state index is 0.0423. The molecule has 0 saturated heterocycles. The molecule has 5 nitrogen and oxygen atoms in total. The number of rotatable bonds is 4. The quantitative estimate of drug-likeness (QED) is 0.838. The number of anilines is 1. The van der Waals surface area contributed by atoms with E-state index >= 15 is 0 Å². The van der Waals surface area contributed by atoms with Gasteiger partial charge in [-0.25, -0.2) is 9.97 Å². The van der Waals surface area contributed by atoms with Crippen LogP contribution in [0.3, 0.4) is 0 Å². The molecule has 0 aromatic carbocycles. The van der Waals surface area contributed by atoms with Gasteiger partial charge in [0.25, 0.3) is 5.91 Å². The van der Waals surface area contributed by atoms with Crippen LogP contribution in [0.2, 0.25) is 0 Å². The molecule has 1 amide bonds. The van der Waals surface area contributed by atoms with Gasteiger partial charge in [-0.3, -0.25) is 4.79 Å². The van der Waals surface area contributed by atoms with Crippen molar-refractivity contribution in [1.29, 1.82) is 0 Å². The SMILES string of the molecule is O=C(NC1CCCCCC1)c1cnc(NC2CCCC2)nc1. The molecule has 2 aliphatic carbocycles. The molecule has 120 valence electrons. The number of nitrogens with zero attached hydrogens (tertiary/aromatic N) is 2. The van der Waals surface area contributed by atoms with Gasteiger partial charge in [0.05, 0.1) is 5.56 Å². The molecule has 22 heavy (non-hydrogen) atoms. The van der Waals surface area contributed by atoms with E-state index in [0.717, 1.165) is 12.8 Å². The highest BCUT2D eigenvalue weighted by Gasteiger charge is 2.18. The molecular weight excluding hydrogens is 276 g/mol. The maximum absolute atomic E-state index is 12.3. The predicted octanol–water partition coefficient (Wildman–Crippen LogP) is 3.28. The number of aromatic nitrogens is 2. The van der Waals surface area contributed by atoms with E-state index in [4.69, 9.17) is 0 Å². The van der Waals surface area contributed by atoms with Crippen LogP contribution in [0.4, 0.5) is 5.95 Å². The van der Waals surface area contributed by atoms with Gasteiger partial charge in [0.15, 0.2) is 0 Å². The largest absolute Gasteiger partial charge is 0.351 e. The fraction of sp³-hybridized carbons (Fsp3) is 0.706. The maximum Gasteiger partial charge on any atom is 0.254 e. The van der Waals surface area contributed by atoms with Crippen molar-refractivity contribution in [2.24, 2.45) is 0 Å². The highest BCUT2D eigenvalue weighted by Crippen LogP contribution is 2.20. The normalized spacial score (nSPS) is 20.5. The summed E-state index contributed by atoms with van der Waals surface area (Å²) >= 11 is 0. The third-order valence-corrected chi connectivity index (χ3v) is 4.79. The van der Waals surface area contributed by atoms with Crippen molar-refractivity contribution < 1.29 is 4.79 Å². The van der Waals surface area contributed by atoms with E-state index in [1.165, 1.54) is 51.4 Å². The third kappa shape index (κ3) is 4.18. The van der Waals surface area contributed by atoms with Crippen LogP contribution in [0.1, 0.15) is 74.6 Å². The molecule has 2 aliphatic rings. The summed E-state index contributed by atoms with van der Waals surface area (Å²) in [4.78, 5) is 20.9. The summed E-state index contributed by atoms with van der Waals surface area (Å²) < 4.78 is 0. The van der Waals surface area contributed by atoms with Crippen LogP contribution >= 0.6 is 0 Å². The summed E-state index contributed by atoms with van der Waals surface area (Å²) in [5.41, 5.74) is 0.557. The van der Waals surface area contributed by atoms with Crippen molar-refractivity contribution in [2.75, 3.05) is 5.32 Å². The van der Waals surface area contributed by atoms with Crippen LogP contribution in [0.5, 0.6) is 0 Å². The molecule has 0 bridgehead atoms. The Morgan fingerprint density at radius 1 is 0.864 bits per heavy atom. The summed E-state index contributed by atoms with van der Waals surface area (Å²) in [6.45, 7) is 0. The molecule has 2 N–H and O–H groups in total. The second-order valence-corrected chi connectivity index (χ2v) is 6.58. The molecule has 0 atom stereocenters. The molecule has 1 heterocycles. The number of carbonyl (C=O) groups excluding carboxylic acids is 1. The Bertz CT molecular complexity index is 474. The van der Waals surface area contributed by atoms with Crippen molar-refractivity contribution in [1.82, 2.24) is 15.3 Å². The maximum atomic E-state index is 12.3. The lowest BCUT2D eigenvalue weighted by atomic mass is 10.1. The number of hydrogen-bond donors (Lipinski definition) is 2. The summed E-state index contributed by atoms with van der Waals surface area (Å²) in [5, 5.41) is 6.47. The van der Waals surface area contributed by atoms with Gasteiger partial charge < -0.3 is 10.6 Å². The predicted molar refractivity (Wildman–Crippen MR) is 86.9 cm³/mol. The topological polar surface area (TPSA) is 66.9 Å².